The van der Waals surface area contributed by atoms with Gasteiger partial charge in [0.25, 0.3) is 5.91 Å². The van der Waals surface area contributed by atoms with Crippen LogP contribution >= 0.6 is 0 Å². The Morgan fingerprint density at radius 3 is 2.47 bits per heavy atom. The van der Waals surface area contributed by atoms with Crippen molar-refractivity contribution in [2.75, 3.05) is 44.6 Å². The predicted molar refractivity (Wildman–Crippen MR) is 128 cm³/mol. The molecule has 170 valence electrons. The minimum Gasteiger partial charge on any atom is -0.484 e. The Labute approximate surface area is 190 Å². The number of carbonyl (C=O) groups excluding carboxylic acids is 1. The molecule has 1 aromatic heterocycles. The van der Waals surface area contributed by atoms with Crippen LogP contribution in [-0.4, -0.2) is 64.6 Å². The summed E-state index contributed by atoms with van der Waals surface area (Å²) in [4.78, 5) is 22.3. The molecule has 1 saturated heterocycles. The Hall–Kier alpha value is -2.90. The molecule has 1 amide bonds. The van der Waals surface area contributed by atoms with Gasteiger partial charge in [-0.05, 0) is 50.7 Å². The number of para-hydroxylation sites is 1. The third-order valence-corrected chi connectivity index (χ3v) is 5.95. The van der Waals surface area contributed by atoms with Gasteiger partial charge in [0, 0.05) is 37.9 Å². The zero-order chi connectivity index (χ0) is 22.5. The Bertz CT molecular complexity index is 1040. The molecule has 0 bridgehead atoms. The van der Waals surface area contributed by atoms with Crippen LogP contribution in [0.3, 0.4) is 0 Å². The van der Waals surface area contributed by atoms with E-state index >= 15 is 0 Å². The standard InChI is InChI=1S/C25H33N5O2/c1-4-28-12-14-29(15-13-28)17-24-27-22-16-20(10-11-23(22)30(24)19(2)3)26-25(31)18-32-21-8-6-5-7-9-21/h5-11,16,19H,4,12-15,17-18H2,1-3H3,(H,26,31). The maximum Gasteiger partial charge on any atom is 0.262 e. The van der Waals surface area contributed by atoms with E-state index in [1.807, 2.05) is 42.5 Å². The summed E-state index contributed by atoms with van der Waals surface area (Å²) in [6, 6.07) is 15.6. The molecule has 1 aliphatic heterocycles. The van der Waals surface area contributed by atoms with Crippen LogP contribution < -0.4 is 10.1 Å². The van der Waals surface area contributed by atoms with Gasteiger partial charge in [-0.2, -0.15) is 0 Å². The van der Waals surface area contributed by atoms with E-state index in [2.05, 4.69) is 46.5 Å². The van der Waals surface area contributed by atoms with Crippen LogP contribution in [0.5, 0.6) is 5.75 Å². The lowest BCUT2D eigenvalue weighted by Crippen LogP contribution is -2.45. The van der Waals surface area contributed by atoms with Crippen molar-refractivity contribution in [2.45, 2.75) is 33.4 Å². The van der Waals surface area contributed by atoms with Gasteiger partial charge in [-0.1, -0.05) is 25.1 Å². The molecule has 0 aliphatic carbocycles. The molecule has 0 radical (unpaired) electrons. The highest BCUT2D eigenvalue weighted by Crippen LogP contribution is 2.25. The number of piperazine rings is 1. The second kappa shape index (κ2) is 10.1. The number of aromatic nitrogens is 2. The normalized spacial score (nSPS) is 15.4. The summed E-state index contributed by atoms with van der Waals surface area (Å²) in [6.45, 7) is 12.9. The van der Waals surface area contributed by atoms with Crippen molar-refractivity contribution in [3.05, 3.63) is 54.4 Å². The first-order valence-corrected chi connectivity index (χ1v) is 11.5. The van der Waals surface area contributed by atoms with Gasteiger partial charge < -0.3 is 19.5 Å². The van der Waals surface area contributed by atoms with Crippen molar-refractivity contribution in [3.63, 3.8) is 0 Å². The fourth-order valence-electron chi connectivity index (χ4n) is 4.24. The van der Waals surface area contributed by atoms with Crippen molar-refractivity contribution in [1.82, 2.24) is 19.4 Å². The van der Waals surface area contributed by atoms with E-state index in [0.29, 0.717) is 11.8 Å². The summed E-state index contributed by atoms with van der Waals surface area (Å²) in [5, 5.41) is 2.93. The van der Waals surface area contributed by atoms with Crippen LogP contribution in [-0.2, 0) is 11.3 Å². The maximum atomic E-state index is 12.3. The number of carbonyl (C=O) groups is 1. The first-order chi connectivity index (χ1) is 15.5. The molecule has 1 N–H and O–H groups in total. The zero-order valence-electron chi connectivity index (χ0n) is 19.3. The van der Waals surface area contributed by atoms with E-state index in [1.165, 1.54) is 0 Å². The van der Waals surface area contributed by atoms with Crippen molar-refractivity contribution < 1.29 is 9.53 Å². The average Bonchev–Trinajstić information content (AvgIpc) is 3.16. The molecular weight excluding hydrogens is 402 g/mol. The summed E-state index contributed by atoms with van der Waals surface area (Å²) in [5.41, 5.74) is 2.74. The zero-order valence-corrected chi connectivity index (χ0v) is 19.3. The van der Waals surface area contributed by atoms with Gasteiger partial charge in [-0.25, -0.2) is 4.98 Å². The lowest BCUT2D eigenvalue weighted by atomic mass is 10.2. The van der Waals surface area contributed by atoms with Crippen LogP contribution in [0.4, 0.5) is 5.69 Å². The molecule has 0 atom stereocenters. The SMILES string of the molecule is CCN1CCN(Cc2nc3cc(NC(=O)COc4ccccc4)ccc3n2C(C)C)CC1. The van der Waals surface area contributed by atoms with Crippen molar-refractivity contribution in [3.8, 4) is 5.75 Å². The number of imidazole rings is 1. The van der Waals surface area contributed by atoms with Gasteiger partial charge in [0.15, 0.2) is 6.61 Å². The number of rotatable bonds is 8. The molecule has 4 rings (SSSR count). The Morgan fingerprint density at radius 2 is 1.78 bits per heavy atom. The number of amides is 1. The minimum atomic E-state index is -0.189. The van der Waals surface area contributed by atoms with Crippen molar-refractivity contribution >= 4 is 22.6 Å². The summed E-state index contributed by atoms with van der Waals surface area (Å²) in [6.07, 6.45) is 0. The van der Waals surface area contributed by atoms with E-state index in [1.54, 1.807) is 0 Å². The van der Waals surface area contributed by atoms with Crippen LogP contribution in [0.2, 0.25) is 0 Å². The highest BCUT2D eigenvalue weighted by atomic mass is 16.5. The van der Waals surface area contributed by atoms with Gasteiger partial charge >= 0.3 is 0 Å². The minimum absolute atomic E-state index is 0.0303. The number of ether oxygens (including phenoxy) is 1. The summed E-state index contributed by atoms with van der Waals surface area (Å²) in [7, 11) is 0. The second-order valence-electron chi connectivity index (χ2n) is 8.56. The molecule has 0 spiro atoms. The van der Waals surface area contributed by atoms with Crippen molar-refractivity contribution in [1.29, 1.82) is 0 Å². The number of anilines is 1. The highest BCUT2D eigenvalue weighted by Gasteiger charge is 2.20. The van der Waals surface area contributed by atoms with E-state index in [0.717, 1.165) is 61.8 Å². The number of hydrogen-bond donors (Lipinski definition) is 1. The van der Waals surface area contributed by atoms with E-state index in [4.69, 9.17) is 9.72 Å². The Kier molecular flexibility index (Phi) is 7.07. The van der Waals surface area contributed by atoms with Crippen LogP contribution in [0.15, 0.2) is 48.5 Å². The molecule has 2 aromatic carbocycles. The Morgan fingerprint density at radius 1 is 1.06 bits per heavy atom. The highest BCUT2D eigenvalue weighted by molar-refractivity contribution is 5.94. The molecular formula is C25H33N5O2. The van der Waals surface area contributed by atoms with Gasteiger partial charge in [0.2, 0.25) is 0 Å². The fourth-order valence-corrected chi connectivity index (χ4v) is 4.24. The monoisotopic (exact) mass is 435 g/mol. The largest absolute Gasteiger partial charge is 0.484 e. The quantitative estimate of drug-likeness (QED) is 0.584. The van der Waals surface area contributed by atoms with Gasteiger partial charge in [0.1, 0.15) is 11.6 Å². The number of nitrogens with zero attached hydrogens (tertiary/aromatic N) is 4. The van der Waals surface area contributed by atoms with Gasteiger partial charge in [0.05, 0.1) is 17.6 Å². The molecule has 0 unspecified atom stereocenters. The second-order valence-corrected chi connectivity index (χ2v) is 8.56. The van der Waals surface area contributed by atoms with Gasteiger partial charge in [-0.15, -0.1) is 0 Å². The number of likely N-dealkylation sites (N-methyl/N-ethyl adjacent to an activating group) is 1. The Balaban J connectivity index is 1.45. The summed E-state index contributed by atoms with van der Waals surface area (Å²) >= 11 is 0. The smallest absolute Gasteiger partial charge is 0.262 e. The molecule has 7 nitrogen and oxygen atoms in total. The van der Waals surface area contributed by atoms with Crippen LogP contribution in [0.1, 0.15) is 32.6 Å². The van der Waals surface area contributed by atoms with Crippen molar-refractivity contribution in [2.24, 2.45) is 0 Å². The first-order valence-electron chi connectivity index (χ1n) is 11.5. The summed E-state index contributed by atoms with van der Waals surface area (Å²) < 4.78 is 7.85. The maximum absolute atomic E-state index is 12.3. The molecule has 3 aromatic rings. The summed E-state index contributed by atoms with van der Waals surface area (Å²) in [5.74, 6) is 1.57. The number of benzene rings is 2. The lowest BCUT2D eigenvalue weighted by molar-refractivity contribution is -0.118. The van der Waals surface area contributed by atoms with E-state index < -0.39 is 0 Å². The molecule has 0 saturated carbocycles. The van der Waals surface area contributed by atoms with Crippen LogP contribution in [0, 0.1) is 0 Å². The van der Waals surface area contributed by atoms with Crippen LogP contribution in [0.25, 0.3) is 11.0 Å². The predicted octanol–water partition coefficient (Wildman–Crippen LogP) is 3.77. The fraction of sp³-hybridized carbons (Fsp3) is 0.440. The molecule has 2 heterocycles. The average molecular weight is 436 g/mol. The first kappa shape index (κ1) is 22.3. The number of hydrogen-bond acceptors (Lipinski definition) is 5. The number of fused-ring (bicyclic) bond motifs is 1. The van der Waals surface area contributed by atoms with E-state index in [-0.39, 0.29) is 12.5 Å². The topological polar surface area (TPSA) is 62.6 Å². The molecule has 7 heteroatoms. The molecule has 1 aliphatic rings. The van der Waals surface area contributed by atoms with Gasteiger partial charge in [-0.3, -0.25) is 9.69 Å². The molecule has 1 fully saturated rings. The third kappa shape index (κ3) is 5.29. The lowest BCUT2D eigenvalue weighted by Gasteiger charge is -2.34. The number of nitrogens with one attached hydrogen (secondary N) is 1. The third-order valence-electron chi connectivity index (χ3n) is 5.95. The molecule has 32 heavy (non-hydrogen) atoms. The van der Waals surface area contributed by atoms with E-state index in [9.17, 15) is 4.79 Å².